The molecular formula is C13H26N4O3. The number of nitrogens with one attached hydrogen (secondary N) is 3. The van der Waals surface area contributed by atoms with Crippen LogP contribution in [0.25, 0.3) is 0 Å². The second-order valence-electron chi connectivity index (χ2n) is 4.98. The van der Waals surface area contributed by atoms with Gasteiger partial charge in [0.25, 0.3) is 0 Å². The molecule has 0 bridgehead atoms. The van der Waals surface area contributed by atoms with Gasteiger partial charge < -0.3 is 21.7 Å². The molecule has 0 spiro atoms. The molecule has 3 amide bonds. The van der Waals surface area contributed by atoms with Crippen molar-refractivity contribution in [3.8, 4) is 0 Å². The summed E-state index contributed by atoms with van der Waals surface area (Å²) < 4.78 is 0. The summed E-state index contributed by atoms with van der Waals surface area (Å²) in [6.45, 7) is 5.49. The number of carbonyl (C=O) groups excluding carboxylic acids is 3. The first-order chi connectivity index (χ1) is 9.36. The van der Waals surface area contributed by atoms with Gasteiger partial charge >= 0.3 is 0 Å². The normalized spacial score (nSPS) is 11.8. The predicted octanol–water partition coefficient (Wildman–Crippen LogP) is -0.739. The molecular weight excluding hydrogens is 260 g/mol. The highest BCUT2D eigenvalue weighted by Gasteiger charge is 2.19. The van der Waals surface area contributed by atoms with E-state index in [4.69, 9.17) is 5.73 Å². The van der Waals surface area contributed by atoms with Gasteiger partial charge in [0.1, 0.15) is 6.04 Å². The van der Waals surface area contributed by atoms with Crippen LogP contribution >= 0.6 is 0 Å². The van der Waals surface area contributed by atoms with Crippen LogP contribution in [0.2, 0.25) is 0 Å². The molecule has 7 heteroatoms. The van der Waals surface area contributed by atoms with E-state index in [0.717, 1.165) is 12.8 Å². The van der Waals surface area contributed by atoms with E-state index in [9.17, 15) is 14.4 Å². The van der Waals surface area contributed by atoms with Crippen LogP contribution in [0, 0.1) is 0 Å². The summed E-state index contributed by atoms with van der Waals surface area (Å²) in [5.41, 5.74) is 5.40. The maximum absolute atomic E-state index is 11.9. The molecule has 0 radical (unpaired) electrons. The first-order valence-corrected chi connectivity index (χ1v) is 6.91. The molecule has 0 aromatic rings. The molecule has 20 heavy (non-hydrogen) atoms. The zero-order chi connectivity index (χ0) is 15.5. The van der Waals surface area contributed by atoms with Crippen molar-refractivity contribution in [2.45, 2.75) is 52.1 Å². The minimum Gasteiger partial charge on any atom is -0.352 e. The third kappa shape index (κ3) is 9.32. The number of nitrogens with two attached hydrogens (primary N) is 1. The number of hydrogen-bond donors (Lipinski definition) is 4. The number of unbranched alkanes of at least 4 members (excludes halogenated alkanes) is 1. The minimum atomic E-state index is -0.620. The fraction of sp³-hybridized carbons (Fsp3) is 0.769. The molecule has 1 unspecified atom stereocenters. The van der Waals surface area contributed by atoms with Crippen LogP contribution in [0.3, 0.4) is 0 Å². The first kappa shape index (κ1) is 18.4. The molecule has 0 heterocycles. The average Bonchev–Trinajstić information content (AvgIpc) is 2.33. The van der Waals surface area contributed by atoms with Gasteiger partial charge in [-0.05, 0) is 39.7 Å². The highest BCUT2D eigenvalue weighted by atomic mass is 16.2. The van der Waals surface area contributed by atoms with Crippen molar-refractivity contribution < 1.29 is 14.4 Å². The van der Waals surface area contributed by atoms with Crippen molar-refractivity contribution in [3.63, 3.8) is 0 Å². The number of rotatable bonds is 9. The van der Waals surface area contributed by atoms with Gasteiger partial charge in [0.15, 0.2) is 0 Å². The summed E-state index contributed by atoms with van der Waals surface area (Å²) >= 11 is 0. The molecule has 0 saturated carbocycles. The van der Waals surface area contributed by atoms with Gasteiger partial charge in [0.05, 0.1) is 6.54 Å². The van der Waals surface area contributed by atoms with Gasteiger partial charge in [-0.1, -0.05) is 0 Å². The maximum Gasteiger partial charge on any atom is 0.243 e. The fourth-order valence-corrected chi connectivity index (χ4v) is 1.67. The van der Waals surface area contributed by atoms with Crippen molar-refractivity contribution in [2.24, 2.45) is 5.73 Å². The summed E-state index contributed by atoms with van der Waals surface area (Å²) in [6.07, 6.45) is 2.04. The van der Waals surface area contributed by atoms with E-state index in [1.807, 2.05) is 13.8 Å². The average molecular weight is 286 g/mol. The van der Waals surface area contributed by atoms with Gasteiger partial charge in [-0.3, -0.25) is 14.4 Å². The Morgan fingerprint density at radius 3 is 2.25 bits per heavy atom. The third-order valence-corrected chi connectivity index (χ3v) is 2.51. The second-order valence-corrected chi connectivity index (χ2v) is 4.98. The van der Waals surface area contributed by atoms with Crippen molar-refractivity contribution in [2.75, 3.05) is 13.1 Å². The van der Waals surface area contributed by atoms with Crippen LogP contribution in [0.4, 0.5) is 0 Å². The van der Waals surface area contributed by atoms with E-state index in [1.54, 1.807) is 0 Å². The highest BCUT2D eigenvalue weighted by Crippen LogP contribution is 2.00. The Kier molecular flexibility index (Phi) is 9.36. The smallest absolute Gasteiger partial charge is 0.243 e. The molecule has 0 fully saturated rings. The summed E-state index contributed by atoms with van der Waals surface area (Å²) in [4.78, 5) is 34.4. The maximum atomic E-state index is 11.9. The van der Waals surface area contributed by atoms with Crippen LogP contribution < -0.4 is 21.7 Å². The van der Waals surface area contributed by atoms with Gasteiger partial charge in [0.2, 0.25) is 17.7 Å². The Hall–Kier alpha value is -1.63. The SMILES string of the molecule is CC(=O)NC(CCCCN)C(=O)NCC(=O)NC(C)C. The minimum absolute atomic E-state index is 0.0232. The first-order valence-electron chi connectivity index (χ1n) is 6.91. The molecule has 0 aromatic heterocycles. The number of carbonyl (C=O) groups is 3. The predicted molar refractivity (Wildman–Crippen MR) is 76.8 cm³/mol. The molecule has 7 nitrogen and oxygen atoms in total. The molecule has 0 rings (SSSR count). The van der Waals surface area contributed by atoms with Gasteiger partial charge in [-0.15, -0.1) is 0 Å². The largest absolute Gasteiger partial charge is 0.352 e. The number of amides is 3. The van der Waals surface area contributed by atoms with Crippen LogP contribution in [0.5, 0.6) is 0 Å². The lowest BCUT2D eigenvalue weighted by Gasteiger charge is -2.17. The molecule has 5 N–H and O–H groups in total. The van der Waals surface area contributed by atoms with Crippen molar-refractivity contribution in [3.05, 3.63) is 0 Å². The van der Waals surface area contributed by atoms with E-state index in [-0.39, 0.29) is 30.3 Å². The van der Waals surface area contributed by atoms with Crippen molar-refractivity contribution in [1.82, 2.24) is 16.0 Å². The summed E-state index contributed by atoms with van der Waals surface area (Å²) in [6, 6.07) is -0.596. The van der Waals surface area contributed by atoms with Crippen LogP contribution in [-0.2, 0) is 14.4 Å². The Labute approximate surface area is 120 Å². The molecule has 116 valence electrons. The van der Waals surface area contributed by atoms with E-state index in [0.29, 0.717) is 13.0 Å². The molecule has 0 aliphatic carbocycles. The topological polar surface area (TPSA) is 113 Å². The van der Waals surface area contributed by atoms with E-state index >= 15 is 0 Å². The Morgan fingerprint density at radius 2 is 1.75 bits per heavy atom. The van der Waals surface area contributed by atoms with Crippen LogP contribution in [0.1, 0.15) is 40.0 Å². The third-order valence-electron chi connectivity index (χ3n) is 2.51. The monoisotopic (exact) mass is 286 g/mol. The molecule has 0 aromatic carbocycles. The summed E-state index contributed by atoms with van der Waals surface area (Å²) in [7, 11) is 0. The van der Waals surface area contributed by atoms with E-state index in [1.165, 1.54) is 6.92 Å². The zero-order valence-electron chi connectivity index (χ0n) is 12.5. The summed E-state index contributed by atoms with van der Waals surface area (Å²) in [5, 5.41) is 7.78. The lowest BCUT2D eigenvalue weighted by Crippen LogP contribution is -2.49. The molecule has 0 saturated heterocycles. The second kappa shape index (κ2) is 10.2. The molecule has 0 aliphatic rings. The van der Waals surface area contributed by atoms with E-state index in [2.05, 4.69) is 16.0 Å². The standard InChI is InChI=1S/C13H26N4O3/c1-9(2)16-12(19)8-15-13(20)11(17-10(3)18)6-4-5-7-14/h9,11H,4-8,14H2,1-3H3,(H,15,20)(H,16,19)(H,17,18). The van der Waals surface area contributed by atoms with Crippen molar-refractivity contribution >= 4 is 17.7 Å². The lowest BCUT2D eigenvalue weighted by atomic mass is 10.1. The number of hydrogen-bond acceptors (Lipinski definition) is 4. The fourth-order valence-electron chi connectivity index (χ4n) is 1.67. The van der Waals surface area contributed by atoms with E-state index < -0.39 is 6.04 Å². The Bertz CT molecular complexity index is 332. The van der Waals surface area contributed by atoms with Gasteiger partial charge in [-0.25, -0.2) is 0 Å². The van der Waals surface area contributed by atoms with Crippen LogP contribution in [-0.4, -0.2) is 42.9 Å². The van der Waals surface area contributed by atoms with Gasteiger partial charge in [0, 0.05) is 13.0 Å². The molecule has 1 atom stereocenters. The zero-order valence-corrected chi connectivity index (χ0v) is 12.5. The molecule has 0 aliphatic heterocycles. The summed E-state index contributed by atoms with van der Waals surface area (Å²) in [5.74, 6) is -0.877. The quantitative estimate of drug-likeness (QED) is 0.418. The van der Waals surface area contributed by atoms with Gasteiger partial charge in [-0.2, -0.15) is 0 Å². The lowest BCUT2D eigenvalue weighted by molar-refractivity contribution is -0.130. The van der Waals surface area contributed by atoms with Crippen molar-refractivity contribution in [1.29, 1.82) is 0 Å². The Balaban J connectivity index is 4.24. The van der Waals surface area contributed by atoms with Crippen LogP contribution in [0.15, 0.2) is 0 Å². The Morgan fingerprint density at radius 1 is 1.10 bits per heavy atom. The highest BCUT2D eigenvalue weighted by molar-refractivity contribution is 5.90.